The van der Waals surface area contributed by atoms with E-state index >= 15 is 0 Å². The molecular formula is C22H26N2O5. The molecule has 0 bridgehead atoms. The number of nitrogens with zero attached hydrogens (tertiary/aromatic N) is 2. The van der Waals surface area contributed by atoms with Gasteiger partial charge in [0, 0.05) is 39.0 Å². The number of hydrogen-bond donors (Lipinski definition) is 1. The Labute approximate surface area is 169 Å². The van der Waals surface area contributed by atoms with Gasteiger partial charge in [-0.15, -0.1) is 0 Å². The zero-order valence-corrected chi connectivity index (χ0v) is 16.4. The highest BCUT2D eigenvalue weighted by atomic mass is 16.5. The number of aliphatic carboxylic acids is 1. The van der Waals surface area contributed by atoms with Crippen LogP contribution >= 0.6 is 0 Å². The second-order valence-corrected chi connectivity index (χ2v) is 7.12. The lowest BCUT2D eigenvalue weighted by atomic mass is 10.1. The Morgan fingerprint density at radius 3 is 2.10 bits per heavy atom. The molecule has 1 aliphatic heterocycles. The van der Waals surface area contributed by atoms with Gasteiger partial charge in [-0.1, -0.05) is 30.3 Å². The standard InChI is InChI=1S/C22H26N2O5/c25-20(6-3-7-22(27)28)23-11-13-24(14-12-23)21(26)10-15-29-19-9-8-17-4-1-2-5-18(17)16-19/h1-2,4-5,8-9,16H,3,6-7,10-15H2,(H,27,28). The van der Waals surface area contributed by atoms with Crippen LogP contribution in [0.5, 0.6) is 5.75 Å². The predicted molar refractivity (Wildman–Crippen MR) is 109 cm³/mol. The van der Waals surface area contributed by atoms with Crippen LogP contribution in [-0.2, 0) is 14.4 Å². The van der Waals surface area contributed by atoms with Crippen LogP contribution in [0.25, 0.3) is 10.8 Å². The summed E-state index contributed by atoms with van der Waals surface area (Å²) in [5.74, 6) is -0.172. The van der Waals surface area contributed by atoms with Gasteiger partial charge in [0.2, 0.25) is 11.8 Å². The first-order valence-corrected chi connectivity index (χ1v) is 9.92. The smallest absolute Gasteiger partial charge is 0.303 e. The number of ether oxygens (including phenoxy) is 1. The number of benzene rings is 2. The average molecular weight is 398 g/mol. The second-order valence-electron chi connectivity index (χ2n) is 7.12. The molecule has 0 unspecified atom stereocenters. The molecule has 1 fully saturated rings. The van der Waals surface area contributed by atoms with E-state index in [0.717, 1.165) is 16.5 Å². The van der Waals surface area contributed by atoms with Gasteiger partial charge in [-0.05, 0) is 29.3 Å². The minimum atomic E-state index is -0.890. The lowest BCUT2D eigenvalue weighted by Crippen LogP contribution is -2.50. The molecule has 29 heavy (non-hydrogen) atoms. The van der Waals surface area contributed by atoms with Crippen LogP contribution in [0.3, 0.4) is 0 Å². The number of fused-ring (bicyclic) bond motifs is 1. The summed E-state index contributed by atoms with van der Waals surface area (Å²) in [7, 11) is 0. The fraction of sp³-hybridized carbons (Fsp3) is 0.409. The number of carboxylic acid groups (broad SMARTS) is 1. The summed E-state index contributed by atoms with van der Waals surface area (Å²) in [5.41, 5.74) is 0. The highest BCUT2D eigenvalue weighted by molar-refractivity contribution is 5.83. The fourth-order valence-corrected chi connectivity index (χ4v) is 3.43. The van der Waals surface area contributed by atoms with Crippen molar-refractivity contribution in [1.82, 2.24) is 9.80 Å². The summed E-state index contributed by atoms with van der Waals surface area (Å²) < 4.78 is 5.74. The Bertz CT molecular complexity index is 874. The van der Waals surface area contributed by atoms with Crippen molar-refractivity contribution in [3.05, 3.63) is 42.5 Å². The fourth-order valence-electron chi connectivity index (χ4n) is 3.43. The first kappa shape index (κ1) is 20.6. The van der Waals surface area contributed by atoms with Crippen LogP contribution in [0, 0.1) is 0 Å². The zero-order valence-electron chi connectivity index (χ0n) is 16.4. The summed E-state index contributed by atoms with van der Waals surface area (Å²) in [6, 6.07) is 13.9. The minimum Gasteiger partial charge on any atom is -0.493 e. The van der Waals surface area contributed by atoms with E-state index in [-0.39, 0.29) is 24.7 Å². The first-order valence-electron chi connectivity index (χ1n) is 9.92. The van der Waals surface area contributed by atoms with E-state index in [2.05, 4.69) is 0 Å². The van der Waals surface area contributed by atoms with Gasteiger partial charge in [0.25, 0.3) is 0 Å². The lowest BCUT2D eigenvalue weighted by Gasteiger charge is -2.35. The van der Waals surface area contributed by atoms with Crippen LogP contribution < -0.4 is 4.74 Å². The summed E-state index contributed by atoms with van der Waals surface area (Å²) in [6.45, 7) is 2.29. The maximum absolute atomic E-state index is 12.4. The molecule has 7 heteroatoms. The third-order valence-corrected chi connectivity index (χ3v) is 5.07. The molecule has 1 N–H and O–H groups in total. The van der Waals surface area contributed by atoms with Crippen molar-refractivity contribution in [1.29, 1.82) is 0 Å². The molecule has 1 heterocycles. The van der Waals surface area contributed by atoms with Crippen molar-refractivity contribution in [2.75, 3.05) is 32.8 Å². The lowest BCUT2D eigenvalue weighted by molar-refractivity contribution is -0.140. The summed E-state index contributed by atoms with van der Waals surface area (Å²) in [5, 5.41) is 10.9. The van der Waals surface area contributed by atoms with Gasteiger partial charge >= 0.3 is 5.97 Å². The van der Waals surface area contributed by atoms with Crippen LogP contribution in [0.1, 0.15) is 25.7 Å². The third-order valence-electron chi connectivity index (χ3n) is 5.07. The molecule has 2 amide bonds. The number of carboxylic acids is 1. The molecule has 3 rings (SSSR count). The Kier molecular flexibility index (Phi) is 7.05. The Hall–Kier alpha value is -3.09. The number of carbonyl (C=O) groups is 3. The maximum atomic E-state index is 12.4. The Balaban J connectivity index is 1.38. The van der Waals surface area contributed by atoms with Crippen molar-refractivity contribution in [2.24, 2.45) is 0 Å². The van der Waals surface area contributed by atoms with Gasteiger partial charge in [-0.3, -0.25) is 14.4 Å². The minimum absolute atomic E-state index is 0.00139. The molecular weight excluding hydrogens is 372 g/mol. The van der Waals surface area contributed by atoms with E-state index in [1.54, 1.807) is 9.80 Å². The van der Waals surface area contributed by atoms with Crippen molar-refractivity contribution in [3.8, 4) is 5.75 Å². The molecule has 0 atom stereocenters. The molecule has 7 nitrogen and oxygen atoms in total. The van der Waals surface area contributed by atoms with Gasteiger partial charge in [-0.2, -0.15) is 0 Å². The number of piperazine rings is 1. The zero-order chi connectivity index (χ0) is 20.6. The van der Waals surface area contributed by atoms with Crippen LogP contribution in [0.2, 0.25) is 0 Å². The molecule has 2 aromatic rings. The monoisotopic (exact) mass is 398 g/mol. The highest BCUT2D eigenvalue weighted by Crippen LogP contribution is 2.20. The van der Waals surface area contributed by atoms with E-state index in [0.29, 0.717) is 45.6 Å². The molecule has 0 spiro atoms. The van der Waals surface area contributed by atoms with Crippen LogP contribution in [0.15, 0.2) is 42.5 Å². The van der Waals surface area contributed by atoms with Gasteiger partial charge < -0.3 is 19.6 Å². The number of carbonyl (C=O) groups excluding carboxylic acids is 2. The Morgan fingerprint density at radius 1 is 0.828 bits per heavy atom. The topological polar surface area (TPSA) is 87.2 Å². The number of amides is 2. The predicted octanol–water partition coefficient (Wildman–Crippen LogP) is 2.53. The van der Waals surface area contributed by atoms with Gasteiger partial charge in [0.15, 0.2) is 0 Å². The van der Waals surface area contributed by atoms with E-state index in [1.165, 1.54) is 0 Å². The summed E-state index contributed by atoms with van der Waals surface area (Å²) >= 11 is 0. The van der Waals surface area contributed by atoms with E-state index in [4.69, 9.17) is 9.84 Å². The molecule has 2 aromatic carbocycles. The Morgan fingerprint density at radius 2 is 1.45 bits per heavy atom. The molecule has 0 aromatic heterocycles. The molecule has 1 saturated heterocycles. The summed E-state index contributed by atoms with van der Waals surface area (Å²) in [4.78, 5) is 38.5. The van der Waals surface area contributed by atoms with Gasteiger partial charge in [-0.25, -0.2) is 0 Å². The highest BCUT2D eigenvalue weighted by Gasteiger charge is 2.23. The molecule has 1 aliphatic rings. The first-order chi connectivity index (χ1) is 14.0. The van der Waals surface area contributed by atoms with Crippen LogP contribution in [0.4, 0.5) is 0 Å². The van der Waals surface area contributed by atoms with E-state index in [9.17, 15) is 14.4 Å². The van der Waals surface area contributed by atoms with E-state index < -0.39 is 5.97 Å². The maximum Gasteiger partial charge on any atom is 0.303 e. The van der Waals surface area contributed by atoms with Crippen LogP contribution in [-0.4, -0.2) is 65.5 Å². The third kappa shape index (κ3) is 5.94. The SMILES string of the molecule is O=C(O)CCCC(=O)N1CCN(C(=O)CCOc2ccc3ccccc3c2)CC1. The normalized spacial score (nSPS) is 14.1. The van der Waals surface area contributed by atoms with E-state index in [1.807, 2.05) is 42.5 Å². The quantitative estimate of drug-likeness (QED) is 0.738. The largest absolute Gasteiger partial charge is 0.493 e. The van der Waals surface area contributed by atoms with Crippen molar-refractivity contribution < 1.29 is 24.2 Å². The van der Waals surface area contributed by atoms with Crippen molar-refractivity contribution >= 4 is 28.6 Å². The molecule has 0 aliphatic carbocycles. The number of rotatable bonds is 8. The summed E-state index contributed by atoms with van der Waals surface area (Å²) in [6.07, 6.45) is 0.875. The molecule has 0 saturated carbocycles. The van der Waals surface area contributed by atoms with Crippen molar-refractivity contribution in [2.45, 2.75) is 25.7 Å². The molecule has 0 radical (unpaired) electrons. The van der Waals surface area contributed by atoms with Crippen molar-refractivity contribution in [3.63, 3.8) is 0 Å². The molecule has 154 valence electrons. The van der Waals surface area contributed by atoms with Gasteiger partial charge in [0.1, 0.15) is 5.75 Å². The average Bonchev–Trinajstić information content (AvgIpc) is 2.73. The number of hydrogen-bond acceptors (Lipinski definition) is 4. The van der Waals surface area contributed by atoms with Gasteiger partial charge in [0.05, 0.1) is 13.0 Å². The second kappa shape index (κ2) is 9.91.